The number of ether oxygens (including phenoxy) is 1. The van der Waals surface area contributed by atoms with Crippen molar-refractivity contribution < 1.29 is 33.2 Å². The first kappa shape index (κ1) is 16.9. The molecule has 0 aromatic carbocycles. The summed E-state index contributed by atoms with van der Waals surface area (Å²) in [5.41, 5.74) is 0. The third-order valence-electron chi connectivity index (χ3n) is 1.78. The molecule has 0 amide bonds. The van der Waals surface area contributed by atoms with Crippen molar-refractivity contribution in [3.8, 4) is 0 Å². The molecule has 0 heterocycles. The van der Waals surface area contributed by atoms with Crippen LogP contribution < -0.4 is 0 Å². The molecule has 0 aromatic rings. The molecule has 14 nitrogen and oxygen atoms in total. The van der Waals surface area contributed by atoms with Crippen molar-refractivity contribution >= 4 is 5.90 Å². The minimum absolute atomic E-state index is 2.07. The van der Waals surface area contributed by atoms with Crippen molar-refractivity contribution in [3.05, 3.63) is 40.5 Å². The van der Waals surface area contributed by atoms with E-state index in [0.717, 1.165) is 0 Å². The summed E-state index contributed by atoms with van der Waals surface area (Å²) in [5.74, 6) is -12.1. The molecule has 112 valence electrons. The van der Waals surface area contributed by atoms with Crippen molar-refractivity contribution in [1.29, 1.82) is 5.41 Å². The highest BCUT2D eigenvalue weighted by atomic mass is 19.2. The van der Waals surface area contributed by atoms with E-state index in [-0.39, 0.29) is 0 Å². The highest BCUT2D eigenvalue weighted by Crippen LogP contribution is 2.22. The van der Waals surface area contributed by atoms with E-state index in [1.165, 1.54) is 0 Å². The Hall–Kier alpha value is -3.07. The molecule has 0 fully saturated rings. The second-order valence-electron chi connectivity index (χ2n) is 2.92. The van der Waals surface area contributed by atoms with Gasteiger partial charge in [-0.2, -0.15) is 0 Å². The SMILES string of the molecule is N=C(OC(CF)([N+](=O)[O-])[N+](=O)[O-])C(F)([N+](=O)[O-])[N+](=O)[O-]. The summed E-state index contributed by atoms with van der Waals surface area (Å²) in [5, 5.41) is 47.6. The van der Waals surface area contributed by atoms with Gasteiger partial charge in [0.15, 0.2) is 0 Å². The fraction of sp³-hybridized carbons (Fsp3) is 0.750. The molecule has 0 aliphatic rings. The summed E-state index contributed by atoms with van der Waals surface area (Å²) in [6.45, 7) is -2.57. The zero-order chi connectivity index (χ0) is 16.3. The molecule has 0 rings (SSSR count). The number of nitrogens with zero attached hydrogens (tertiary/aromatic N) is 4. The molecule has 0 atom stereocenters. The molecule has 0 aliphatic carbocycles. The minimum Gasteiger partial charge on any atom is -0.337 e. The van der Waals surface area contributed by atoms with Crippen LogP contribution >= 0.6 is 0 Å². The first-order chi connectivity index (χ1) is 8.96. The van der Waals surface area contributed by atoms with Gasteiger partial charge in [-0.05, 0) is 0 Å². The fourth-order valence-corrected chi connectivity index (χ4v) is 0.727. The number of halogens is 2. The standard InChI is InChI=1S/C4H3F2N5O9/c5-1-3(8(12)13,9(14)15)20-2(7)4(6,10(16)17)11(18)19/h7H,1H2. The Morgan fingerprint density at radius 1 is 1.00 bits per heavy atom. The van der Waals surface area contributed by atoms with E-state index in [4.69, 9.17) is 5.41 Å². The van der Waals surface area contributed by atoms with Crippen LogP contribution in [0.3, 0.4) is 0 Å². The van der Waals surface area contributed by atoms with Gasteiger partial charge in [-0.1, -0.05) is 4.39 Å². The van der Waals surface area contributed by atoms with Crippen LogP contribution in [0.1, 0.15) is 0 Å². The first-order valence-corrected chi connectivity index (χ1v) is 4.07. The van der Waals surface area contributed by atoms with Crippen LogP contribution in [-0.4, -0.2) is 44.0 Å². The maximum absolute atomic E-state index is 13.3. The molecule has 1 N–H and O–H groups in total. The van der Waals surface area contributed by atoms with Gasteiger partial charge in [0.25, 0.3) is 6.67 Å². The quantitative estimate of drug-likeness (QED) is 0.158. The molecule has 0 saturated carbocycles. The zero-order valence-electron chi connectivity index (χ0n) is 8.93. The van der Waals surface area contributed by atoms with Crippen molar-refractivity contribution in [3.63, 3.8) is 0 Å². The van der Waals surface area contributed by atoms with Crippen LogP contribution in [0.2, 0.25) is 0 Å². The molecular weight excluding hydrogens is 300 g/mol. The predicted molar refractivity (Wildman–Crippen MR) is 49.3 cm³/mol. The highest BCUT2D eigenvalue weighted by Gasteiger charge is 2.72. The second kappa shape index (κ2) is 5.28. The van der Waals surface area contributed by atoms with E-state index in [1.807, 2.05) is 0 Å². The summed E-state index contributed by atoms with van der Waals surface area (Å²) < 4.78 is 29.1. The lowest BCUT2D eigenvalue weighted by atomic mass is 10.4. The van der Waals surface area contributed by atoms with E-state index >= 15 is 0 Å². The number of rotatable bonds is 7. The molecule has 0 bridgehead atoms. The van der Waals surface area contributed by atoms with E-state index in [2.05, 4.69) is 4.74 Å². The lowest BCUT2D eigenvalue weighted by molar-refractivity contribution is -0.850. The van der Waals surface area contributed by atoms with Crippen molar-refractivity contribution in [2.75, 3.05) is 6.67 Å². The molecule has 20 heavy (non-hydrogen) atoms. The van der Waals surface area contributed by atoms with Gasteiger partial charge in [0.2, 0.25) is 0 Å². The fourth-order valence-electron chi connectivity index (χ4n) is 0.727. The summed E-state index contributed by atoms with van der Waals surface area (Å²) in [6.07, 6.45) is 0. The molecule has 0 unspecified atom stereocenters. The maximum Gasteiger partial charge on any atom is 0.694 e. The summed E-state index contributed by atoms with van der Waals surface area (Å²) in [7, 11) is 0. The number of nitro groups is 4. The lowest BCUT2D eigenvalue weighted by Crippen LogP contribution is -2.58. The van der Waals surface area contributed by atoms with E-state index in [0.29, 0.717) is 0 Å². The monoisotopic (exact) mass is 303 g/mol. The molecular formula is C4H3F2N5O9. The molecule has 0 spiro atoms. The summed E-state index contributed by atoms with van der Waals surface area (Å²) >= 11 is 0. The van der Waals surface area contributed by atoms with Gasteiger partial charge in [-0.3, -0.25) is 45.9 Å². The zero-order valence-corrected chi connectivity index (χ0v) is 8.93. The van der Waals surface area contributed by atoms with Crippen LogP contribution in [0.15, 0.2) is 0 Å². The Bertz CT molecular complexity index is 465. The van der Waals surface area contributed by atoms with Crippen molar-refractivity contribution in [2.24, 2.45) is 0 Å². The van der Waals surface area contributed by atoms with Crippen LogP contribution in [0, 0.1) is 45.9 Å². The highest BCUT2D eigenvalue weighted by molar-refractivity contribution is 5.78. The van der Waals surface area contributed by atoms with Gasteiger partial charge in [-0.25, -0.2) is 4.39 Å². The molecule has 0 saturated heterocycles. The van der Waals surface area contributed by atoms with Crippen LogP contribution in [0.25, 0.3) is 0 Å². The smallest absolute Gasteiger partial charge is 0.337 e. The van der Waals surface area contributed by atoms with Crippen molar-refractivity contribution in [2.45, 2.75) is 11.8 Å². The largest absolute Gasteiger partial charge is 0.694 e. The average Bonchev–Trinajstić information content (AvgIpc) is 2.32. The van der Waals surface area contributed by atoms with Gasteiger partial charge in [0, 0.05) is 0 Å². The predicted octanol–water partition coefficient (Wildman–Crippen LogP) is -0.666. The Morgan fingerprint density at radius 2 is 1.35 bits per heavy atom. The third-order valence-corrected chi connectivity index (χ3v) is 1.78. The summed E-state index contributed by atoms with van der Waals surface area (Å²) in [6, 6.07) is 0. The van der Waals surface area contributed by atoms with Gasteiger partial charge >= 0.3 is 17.7 Å². The van der Waals surface area contributed by atoms with Gasteiger partial charge in [0.1, 0.15) is 19.7 Å². The molecule has 0 radical (unpaired) electrons. The van der Waals surface area contributed by atoms with E-state index in [9.17, 15) is 49.2 Å². The lowest BCUT2D eigenvalue weighted by Gasteiger charge is -2.15. The maximum atomic E-state index is 13.3. The Labute approximate surface area is 105 Å². The second-order valence-corrected chi connectivity index (χ2v) is 2.92. The third kappa shape index (κ3) is 2.37. The number of alkyl halides is 2. The van der Waals surface area contributed by atoms with Crippen LogP contribution in [0.5, 0.6) is 0 Å². The Balaban J connectivity index is 5.74. The minimum atomic E-state index is -5.04. The van der Waals surface area contributed by atoms with E-state index in [1.54, 1.807) is 0 Å². The number of hydrogen-bond acceptors (Lipinski definition) is 10. The van der Waals surface area contributed by atoms with Gasteiger partial charge < -0.3 is 4.74 Å². The topological polar surface area (TPSA) is 206 Å². The molecule has 16 heteroatoms. The van der Waals surface area contributed by atoms with Crippen molar-refractivity contribution in [1.82, 2.24) is 0 Å². The first-order valence-electron chi connectivity index (χ1n) is 4.07. The molecule has 0 aliphatic heterocycles. The Morgan fingerprint density at radius 3 is 1.55 bits per heavy atom. The van der Waals surface area contributed by atoms with Gasteiger partial charge in [0.05, 0.1) is 0 Å². The summed E-state index contributed by atoms with van der Waals surface area (Å²) in [4.78, 5) is 32.2. The van der Waals surface area contributed by atoms with Crippen LogP contribution in [0.4, 0.5) is 8.78 Å². The van der Waals surface area contributed by atoms with Crippen LogP contribution in [-0.2, 0) is 4.74 Å². The molecule has 0 aromatic heterocycles. The van der Waals surface area contributed by atoms with E-state index < -0.39 is 44.0 Å². The van der Waals surface area contributed by atoms with Gasteiger partial charge in [-0.15, -0.1) is 0 Å². The normalized spacial score (nSPS) is 11.5. The average molecular weight is 303 g/mol. The Kier molecular flexibility index (Phi) is 4.47. The number of hydrogen-bond donors (Lipinski definition) is 1. The number of nitrogens with one attached hydrogen (secondary N) is 1.